The molecule has 2 aromatic carbocycles. The van der Waals surface area contributed by atoms with Gasteiger partial charge in [-0.15, -0.1) is 0 Å². The molecule has 0 fully saturated rings. The summed E-state index contributed by atoms with van der Waals surface area (Å²) in [5.41, 5.74) is 3.20. The van der Waals surface area contributed by atoms with Crippen LogP contribution in [-0.2, 0) is 17.8 Å². The zero-order chi connectivity index (χ0) is 15.5. The maximum atomic E-state index is 13.2. The van der Waals surface area contributed by atoms with E-state index in [-0.39, 0.29) is 17.8 Å². The molecule has 0 aliphatic carbocycles. The number of rotatable bonds is 3. The van der Waals surface area contributed by atoms with Gasteiger partial charge < -0.3 is 10.2 Å². The van der Waals surface area contributed by atoms with E-state index < -0.39 is 0 Å². The molecule has 2 atom stereocenters. The van der Waals surface area contributed by atoms with Crippen molar-refractivity contribution < 1.29 is 14.1 Å². The van der Waals surface area contributed by atoms with Gasteiger partial charge in [0.05, 0.1) is 6.54 Å². The Morgan fingerprint density at radius 2 is 1.95 bits per heavy atom. The Morgan fingerprint density at radius 1 is 1.18 bits per heavy atom. The highest BCUT2D eigenvalue weighted by molar-refractivity contribution is 5.93. The van der Waals surface area contributed by atoms with Gasteiger partial charge in [-0.25, -0.2) is 4.39 Å². The summed E-state index contributed by atoms with van der Waals surface area (Å²) in [7, 11) is 0. The van der Waals surface area contributed by atoms with Crippen molar-refractivity contribution in [2.45, 2.75) is 25.9 Å². The molecule has 0 aromatic heterocycles. The van der Waals surface area contributed by atoms with Crippen LogP contribution in [-0.4, -0.2) is 18.5 Å². The number of halogens is 1. The lowest BCUT2D eigenvalue weighted by Crippen LogP contribution is -3.16. The highest BCUT2D eigenvalue weighted by Crippen LogP contribution is 2.12. The van der Waals surface area contributed by atoms with Crippen LogP contribution in [0.25, 0.3) is 0 Å². The molecule has 1 amide bonds. The minimum absolute atomic E-state index is 0.0695. The fourth-order valence-corrected chi connectivity index (χ4v) is 2.97. The van der Waals surface area contributed by atoms with Gasteiger partial charge in [0.15, 0.2) is 6.04 Å². The highest BCUT2D eigenvalue weighted by Gasteiger charge is 2.28. The summed E-state index contributed by atoms with van der Waals surface area (Å²) in [6, 6.07) is 14.2. The van der Waals surface area contributed by atoms with Crippen molar-refractivity contribution in [2.75, 3.05) is 11.9 Å². The first-order valence-corrected chi connectivity index (χ1v) is 7.61. The van der Waals surface area contributed by atoms with Gasteiger partial charge in [-0.1, -0.05) is 30.3 Å². The van der Waals surface area contributed by atoms with E-state index in [2.05, 4.69) is 23.5 Å². The molecule has 0 saturated carbocycles. The quantitative estimate of drug-likeness (QED) is 0.890. The Morgan fingerprint density at radius 3 is 2.73 bits per heavy atom. The molecule has 1 aliphatic rings. The van der Waals surface area contributed by atoms with E-state index in [1.807, 2.05) is 13.0 Å². The van der Waals surface area contributed by atoms with E-state index >= 15 is 0 Å². The van der Waals surface area contributed by atoms with Crippen molar-refractivity contribution in [3.63, 3.8) is 0 Å². The fraction of sp³-hybridized carbons (Fsp3) is 0.278. The zero-order valence-corrected chi connectivity index (χ0v) is 12.6. The lowest BCUT2D eigenvalue weighted by Gasteiger charge is -2.30. The van der Waals surface area contributed by atoms with Crippen LogP contribution in [0, 0.1) is 5.82 Å². The molecule has 2 aromatic rings. The van der Waals surface area contributed by atoms with Gasteiger partial charge in [-0.2, -0.15) is 0 Å². The summed E-state index contributed by atoms with van der Waals surface area (Å²) >= 11 is 0. The van der Waals surface area contributed by atoms with Crippen molar-refractivity contribution in [1.82, 2.24) is 0 Å². The Hall–Kier alpha value is -2.20. The van der Waals surface area contributed by atoms with E-state index in [1.165, 1.54) is 28.2 Å². The molecule has 114 valence electrons. The first-order valence-electron chi connectivity index (χ1n) is 7.61. The van der Waals surface area contributed by atoms with Gasteiger partial charge >= 0.3 is 0 Å². The second-order valence-corrected chi connectivity index (χ2v) is 5.83. The lowest BCUT2D eigenvalue weighted by atomic mass is 9.99. The molecule has 2 N–H and O–H groups in total. The number of carbonyl (C=O) groups is 1. The number of carbonyl (C=O) groups excluding carboxylic acids is 1. The Labute approximate surface area is 129 Å². The molecule has 1 aliphatic heterocycles. The van der Waals surface area contributed by atoms with Crippen LogP contribution in [0.3, 0.4) is 0 Å². The average Bonchev–Trinajstić information content (AvgIpc) is 2.53. The fourth-order valence-electron chi connectivity index (χ4n) is 2.97. The van der Waals surface area contributed by atoms with Gasteiger partial charge in [0, 0.05) is 17.7 Å². The minimum atomic E-state index is -0.343. The number of fused-ring (bicyclic) bond motifs is 1. The van der Waals surface area contributed by atoms with Crippen molar-refractivity contribution >= 4 is 11.6 Å². The van der Waals surface area contributed by atoms with Crippen molar-refractivity contribution in [3.8, 4) is 0 Å². The first-order chi connectivity index (χ1) is 10.6. The van der Waals surface area contributed by atoms with Crippen LogP contribution in [0.15, 0.2) is 48.5 Å². The third-order valence-electron chi connectivity index (χ3n) is 4.35. The van der Waals surface area contributed by atoms with Crippen LogP contribution >= 0.6 is 0 Å². The van der Waals surface area contributed by atoms with Crippen LogP contribution in [0.2, 0.25) is 0 Å². The molecule has 22 heavy (non-hydrogen) atoms. The number of amides is 1. The third kappa shape index (κ3) is 3.17. The van der Waals surface area contributed by atoms with Crippen LogP contribution in [0.5, 0.6) is 0 Å². The first kappa shape index (κ1) is 14.7. The summed E-state index contributed by atoms with van der Waals surface area (Å²) in [6.45, 7) is 3.72. The monoisotopic (exact) mass is 299 g/mol. The summed E-state index contributed by atoms with van der Waals surface area (Å²) in [6.07, 6.45) is 0.989. The minimum Gasteiger partial charge on any atom is -0.321 e. The van der Waals surface area contributed by atoms with Crippen molar-refractivity contribution in [1.29, 1.82) is 0 Å². The van der Waals surface area contributed by atoms with Crippen LogP contribution < -0.4 is 10.2 Å². The summed E-state index contributed by atoms with van der Waals surface area (Å²) in [5, 5.41) is 2.80. The van der Waals surface area contributed by atoms with E-state index in [9.17, 15) is 9.18 Å². The predicted octanol–water partition coefficient (Wildman–Crippen LogP) is 1.79. The molecular formula is C18H20FN2O+. The highest BCUT2D eigenvalue weighted by atomic mass is 19.1. The SMILES string of the molecule is C[C@H](C(=O)Nc1cccc(F)c1)[NH+]1CCc2ccccc2C1. The second-order valence-electron chi connectivity index (χ2n) is 5.83. The molecule has 0 bridgehead atoms. The standard InChI is InChI=1S/C18H19FN2O/c1-13(18(22)20-17-8-4-7-16(19)11-17)21-10-9-14-5-2-3-6-15(14)12-21/h2-8,11,13H,9-10,12H2,1H3,(H,20,22)/p+1/t13-/m1/s1. The molecule has 0 saturated heterocycles. The van der Waals surface area contributed by atoms with Gasteiger partial charge in [-0.3, -0.25) is 4.79 Å². The number of hydrogen-bond donors (Lipinski definition) is 2. The van der Waals surface area contributed by atoms with Crippen LogP contribution in [0.1, 0.15) is 18.1 Å². The van der Waals surface area contributed by atoms with Crippen molar-refractivity contribution in [3.05, 3.63) is 65.5 Å². The van der Waals surface area contributed by atoms with Gasteiger partial charge in [-0.05, 0) is 30.7 Å². The summed E-state index contributed by atoms with van der Waals surface area (Å²) in [4.78, 5) is 13.6. The number of nitrogens with one attached hydrogen (secondary N) is 2. The van der Waals surface area contributed by atoms with E-state index in [0.29, 0.717) is 5.69 Å². The third-order valence-corrected chi connectivity index (χ3v) is 4.35. The Kier molecular flexibility index (Phi) is 4.20. The van der Waals surface area contributed by atoms with Crippen LogP contribution in [0.4, 0.5) is 10.1 Å². The van der Waals surface area contributed by atoms with E-state index in [4.69, 9.17) is 0 Å². The molecule has 3 nitrogen and oxygen atoms in total. The summed E-state index contributed by atoms with van der Waals surface area (Å²) in [5.74, 6) is -0.412. The van der Waals surface area contributed by atoms with Gasteiger partial charge in [0.1, 0.15) is 12.4 Å². The van der Waals surface area contributed by atoms with E-state index in [0.717, 1.165) is 19.5 Å². The number of benzene rings is 2. The number of hydrogen-bond acceptors (Lipinski definition) is 1. The van der Waals surface area contributed by atoms with Crippen molar-refractivity contribution in [2.24, 2.45) is 0 Å². The predicted molar refractivity (Wildman–Crippen MR) is 84.2 cm³/mol. The number of quaternary nitrogens is 1. The zero-order valence-electron chi connectivity index (χ0n) is 12.6. The Balaban J connectivity index is 1.67. The average molecular weight is 299 g/mol. The maximum absolute atomic E-state index is 13.2. The smallest absolute Gasteiger partial charge is 0.282 e. The van der Waals surface area contributed by atoms with Gasteiger partial charge in [0.25, 0.3) is 5.91 Å². The maximum Gasteiger partial charge on any atom is 0.282 e. The molecule has 0 radical (unpaired) electrons. The molecule has 0 spiro atoms. The summed E-state index contributed by atoms with van der Waals surface area (Å²) < 4.78 is 13.2. The molecule has 4 heteroatoms. The number of anilines is 1. The largest absolute Gasteiger partial charge is 0.321 e. The second kappa shape index (κ2) is 6.28. The lowest BCUT2D eigenvalue weighted by molar-refractivity contribution is -0.929. The Bertz CT molecular complexity index is 686. The van der Waals surface area contributed by atoms with E-state index in [1.54, 1.807) is 12.1 Å². The topological polar surface area (TPSA) is 33.5 Å². The molecular weight excluding hydrogens is 279 g/mol. The normalized spacial score (nSPS) is 18.4. The molecule has 1 unspecified atom stereocenters. The molecule has 1 heterocycles. The van der Waals surface area contributed by atoms with Gasteiger partial charge in [0.2, 0.25) is 0 Å². The molecule has 3 rings (SSSR count).